The Morgan fingerprint density at radius 1 is 1.35 bits per heavy atom. The summed E-state index contributed by atoms with van der Waals surface area (Å²) in [6, 6.07) is 3.30. The minimum Gasteiger partial charge on any atom is -0.479 e. The Bertz CT molecular complexity index is 562. The molecule has 0 aliphatic carbocycles. The summed E-state index contributed by atoms with van der Waals surface area (Å²) in [4.78, 5) is 22.1. The quantitative estimate of drug-likeness (QED) is 0.795. The van der Waals surface area contributed by atoms with Crippen LogP contribution in [0.1, 0.15) is 17.3 Å². The highest BCUT2D eigenvalue weighted by atomic mass is 35.5. The largest absolute Gasteiger partial charge is 0.479 e. The van der Waals surface area contributed by atoms with E-state index < -0.39 is 23.6 Å². The summed E-state index contributed by atoms with van der Waals surface area (Å²) in [7, 11) is 0. The Hall–Kier alpha value is -1.96. The summed E-state index contributed by atoms with van der Waals surface area (Å²) < 4.78 is 38.6. The SMILES string of the molecule is CC(Nc1ccc(Cl)cc1C(N)=O)(C(=O)O)C(F)(F)F. The van der Waals surface area contributed by atoms with Gasteiger partial charge in [0.05, 0.1) is 5.56 Å². The van der Waals surface area contributed by atoms with Crippen LogP contribution in [0.25, 0.3) is 0 Å². The van der Waals surface area contributed by atoms with Gasteiger partial charge in [0.2, 0.25) is 5.54 Å². The molecule has 9 heteroatoms. The van der Waals surface area contributed by atoms with Crippen molar-refractivity contribution in [3.8, 4) is 0 Å². The minimum atomic E-state index is -5.09. The highest BCUT2D eigenvalue weighted by molar-refractivity contribution is 6.31. The molecule has 1 aromatic carbocycles. The van der Waals surface area contributed by atoms with Gasteiger partial charge < -0.3 is 16.2 Å². The Balaban J connectivity index is 3.33. The Morgan fingerprint density at radius 2 is 1.90 bits per heavy atom. The van der Waals surface area contributed by atoms with E-state index in [2.05, 4.69) is 0 Å². The van der Waals surface area contributed by atoms with Gasteiger partial charge in [-0.2, -0.15) is 13.2 Å². The van der Waals surface area contributed by atoms with Crippen molar-refractivity contribution in [3.05, 3.63) is 28.8 Å². The van der Waals surface area contributed by atoms with Crippen LogP contribution < -0.4 is 11.1 Å². The number of benzene rings is 1. The third kappa shape index (κ3) is 2.96. The molecule has 0 aliphatic rings. The maximum atomic E-state index is 12.9. The highest BCUT2D eigenvalue weighted by Gasteiger charge is 2.57. The maximum Gasteiger partial charge on any atom is 0.422 e. The predicted octanol–water partition coefficient (Wildman–Crippen LogP) is 2.26. The van der Waals surface area contributed by atoms with Gasteiger partial charge in [0.1, 0.15) is 0 Å². The average Bonchev–Trinajstić information content (AvgIpc) is 2.29. The van der Waals surface area contributed by atoms with Gasteiger partial charge in [-0.1, -0.05) is 11.6 Å². The highest BCUT2D eigenvalue weighted by Crippen LogP contribution is 2.35. The third-order valence-electron chi connectivity index (χ3n) is 2.63. The van der Waals surface area contributed by atoms with Gasteiger partial charge in [0.25, 0.3) is 5.91 Å². The monoisotopic (exact) mass is 310 g/mol. The molecular formula is C11H10ClF3N2O3. The van der Waals surface area contributed by atoms with Crippen LogP contribution >= 0.6 is 11.6 Å². The molecule has 1 amide bonds. The molecule has 1 unspecified atom stereocenters. The molecular weight excluding hydrogens is 301 g/mol. The summed E-state index contributed by atoms with van der Waals surface area (Å²) in [6.07, 6.45) is -5.09. The van der Waals surface area contributed by atoms with Crippen LogP contribution in [-0.4, -0.2) is 28.7 Å². The summed E-state index contributed by atoms with van der Waals surface area (Å²) in [5, 5.41) is 10.7. The molecule has 1 rings (SSSR count). The normalized spacial score (nSPS) is 14.4. The number of primary amides is 1. The minimum absolute atomic E-state index is 0.0772. The number of aliphatic carboxylic acids is 1. The van der Waals surface area contributed by atoms with Crippen LogP contribution in [-0.2, 0) is 4.79 Å². The fourth-order valence-corrected chi connectivity index (χ4v) is 1.52. The van der Waals surface area contributed by atoms with E-state index in [9.17, 15) is 22.8 Å². The topological polar surface area (TPSA) is 92.4 Å². The summed E-state index contributed by atoms with van der Waals surface area (Å²) in [5.41, 5.74) is 1.04. The maximum absolute atomic E-state index is 12.9. The summed E-state index contributed by atoms with van der Waals surface area (Å²) in [6.45, 7) is 0.439. The van der Waals surface area contributed by atoms with E-state index in [1.807, 2.05) is 0 Å². The van der Waals surface area contributed by atoms with Crippen molar-refractivity contribution in [2.45, 2.75) is 18.6 Å². The molecule has 0 heterocycles. The van der Waals surface area contributed by atoms with Crippen molar-refractivity contribution in [2.24, 2.45) is 5.73 Å². The second-order valence-corrected chi connectivity index (χ2v) is 4.54. The average molecular weight is 311 g/mol. The van der Waals surface area contributed by atoms with Crippen molar-refractivity contribution in [1.82, 2.24) is 0 Å². The Kier molecular flexibility index (Phi) is 4.18. The Labute approximate surface area is 116 Å². The van der Waals surface area contributed by atoms with E-state index in [1.165, 1.54) is 6.07 Å². The standard InChI is InChI=1S/C11H10ClF3N2O3/c1-10(9(19)20,11(13,14)15)17-7-3-2-5(12)4-6(7)8(16)18/h2-4,17H,1H3,(H2,16,18)(H,19,20). The van der Waals surface area contributed by atoms with Crippen molar-refractivity contribution in [2.75, 3.05) is 5.32 Å². The van der Waals surface area contributed by atoms with Crippen LogP contribution in [0.3, 0.4) is 0 Å². The van der Waals surface area contributed by atoms with Crippen molar-refractivity contribution in [3.63, 3.8) is 0 Å². The smallest absolute Gasteiger partial charge is 0.422 e. The fraction of sp³-hybridized carbons (Fsp3) is 0.273. The first-order valence-electron chi connectivity index (χ1n) is 5.16. The van der Waals surface area contributed by atoms with Crippen LogP contribution in [0, 0.1) is 0 Å². The zero-order valence-corrected chi connectivity index (χ0v) is 10.8. The van der Waals surface area contributed by atoms with E-state index in [0.29, 0.717) is 6.92 Å². The van der Waals surface area contributed by atoms with Crippen LogP contribution in [0.2, 0.25) is 5.02 Å². The lowest BCUT2D eigenvalue weighted by Crippen LogP contribution is -2.55. The number of hydrogen-bond donors (Lipinski definition) is 3. The predicted molar refractivity (Wildman–Crippen MR) is 65.7 cm³/mol. The molecule has 5 nitrogen and oxygen atoms in total. The molecule has 1 aromatic rings. The number of carbonyl (C=O) groups excluding carboxylic acids is 1. The van der Waals surface area contributed by atoms with Gasteiger partial charge >= 0.3 is 12.1 Å². The van der Waals surface area contributed by atoms with Crippen LogP contribution in [0.5, 0.6) is 0 Å². The molecule has 110 valence electrons. The molecule has 0 saturated carbocycles. The van der Waals surface area contributed by atoms with E-state index >= 15 is 0 Å². The van der Waals surface area contributed by atoms with Crippen molar-refractivity contribution in [1.29, 1.82) is 0 Å². The number of amides is 1. The van der Waals surface area contributed by atoms with E-state index in [4.69, 9.17) is 22.4 Å². The number of rotatable bonds is 4. The van der Waals surface area contributed by atoms with Gasteiger partial charge in [0.15, 0.2) is 0 Å². The molecule has 0 fully saturated rings. The summed E-state index contributed by atoms with van der Waals surface area (Å²) in [5.74, 6) is -3.18. The first kappa shape index (κ1) is 16.1. The molecule has 0 bridgehead atoms. The van der Waals surface area contributed by atoms with E-state index in [0.717, 1.165) is 12.1 Å². The molecule has 0 aliphatic heterocycles. The van der Waals surface area contributed by atoms with Crippen molar-refractivity contribution < 1.29 is 27.9 Å². The lowest BCUT2D eigenvalue weighted by Gasteiger charge is -2.30. The number of carboxylic acids is 1. The van der Waals surface area contributed by atoms with Gasteiger partial charge in [-0.25, -0.2) is 4.79 Å². The zero-order chi connectivity index (χ0) is 15.7. The lowest BCUT2D eigenvalue weighted by molar-refractivity contribution is -0.192. The lowest BCUT2D eigenvalue weighted by atomic mass is 10.0. The number of alkyl halides is 3. The molecule has 0 aromatic heterocycles. The van der Waals surface area contributed by atoms with Gasteiger partial charge in [0, 0.05) is 10.7 Å². The number of carbonyl (C=O) groups is 2. The first-order valence-corrected chi connectivity index (χ1v) is 5.54. The second kappa shape index (κ2) is 5.20. The third-order valence-corrected chi connectivity index (χ3v) is 2.86. The van der Waals surface area contributed by atoms with E-state index in [-0.39, 0.29) is 16.3 Å². The van der Waals surface area contributed by atoms with Crippen molar-refractivity contribution >= 4 is 29.2 Å². The number of nitrogens with one attached hydrogen (secondary N) is 1. The number of halogens is 4. The molecule has 4 N–H and O–H groups in total. The van der Waals surface area contributed by atoms with E-state index in [1.54, 1.807) is 5.32 Å². The zero-order valence-electron chi connectivity index (χ0n) is 10.1. The fourth-order valence-electron chi connectivity index (χ4n) is 1.34. The number of nitrogens with two attached hydrogens (primary N) is 1. The first-order chi connectivity index (χ1) is 8.99. The Morgan fingerprint density at radius 3 is 2.30 bits per heavy atom. The second-order valence-electron chi connectivity index (χ2n) is 4.11. The molecule has 20 heavy (non-hydrogen) atoms. The summed E-state index contributed by atoms with van der Waals surface area (Å²) >= 11 is 5.61. The van der Waals surface area contributed by atoms with Gasteiger partial charge in [-0.05, 0) is 25.1 Å². The molecule has 0 saturated heterocycles. The van der Waals surface area contributed by atoms with Gasteiger partial charge in [-0.3, -0.25) is 4.79 Å². The number of anilines is 1. The molecule has 0 spiro atoms. The van der Waals surface area contributed by atoms with Crippen LogP contribution in [0.4, 0.5) is 18.9 Å². The number of carboxylic acid groups (broad SMARTS) is 1. The van der Waals surface area contributed by atoms with Gasteiger partial charge in [-0.15, -0.1) is 0 Å². The van der Waals surface area contributed by atoms with Crippen LogP contribution in [0.15, 0.2) is 18.2 Å². The molecule has 1 atom stereocenters. The molecule has 0 radical (unpaired) electrons. The number of hydrogen-bond acceptors (Lipinski definition) is 3.